The average Bonchev–Trinajstić information content (AvgIpc) is 3.00. The van der Waals surface area contributed by atoms with Gasteiger partial charge in [0, 0.05) is 23.1 Å². The highest BCUT2D eigenvalue weighted by Crippen LogP contribution is 2.43. The van der Waals surface area contributed by atoms with Gasteiger partial charge in [-0.05, 0) is 12.1 Å². The van der Waals surface area contributed by atoms with Crippen LogP contribution in [0.2, 0.25) is 0 Å². The Labute approximate surface area is 124 Å². The molecule has 1 heterocycles. The number of fused-ring (bicyclic) bond motifs is 1. The first-order valence-corrected chi connectivity index (χ1v) is 6.85. The number of methoxy groups -OCH3 is 2. The second kappa shape index (κ2) is 5.56. The molecule has 0 aromatic heterocycles. The topological polar surface area (TPSA) is 36.9 Å². The Kier molecular flexibility index (Phi) is 3.60. The van der Waals surface area contributed by atoms with Crippen molar-refractivity contribution in [1.29, 1.82) is 0 Å². The minimum atomic E-state index is 0.116. The fraction of sp³-hybridized carbons (Fsp3) is 0.294. The van der Waals surface area contributed by atoms with E-state index >= 15 is 0 Å². The van der Waals surface area contributed by atoms with Crippen molar-refractivity contribution < 1.29 is 18.9 Å². The van der Waals surface area contributed by atoms with Gasteiger partial charge in [-0.15, -0.1) is 0 Å². The molecule has 110 valence electrons. The highest BCUT2D eigenvalue weighted by Gasteiger charge is 2.23. The lowest BCUT2D eigenvalue weighted by atomic mass is 9.91. The van der Waals surface area contributed by atoms with Crippen molar-refractivity contribution in [3.8, 4) is 23.0 Å². The van der Waals surface area contributed by atoms with E-state index in [-0.39, 0.29) is 12.7 Å². The Hall–Kier alpha value is -2.36. The first kappa shape index (κ1) is 13.6. The minimum absolute atomic E-state index is 0.116. The number of para-hydroxylation sites is 1. The molecule has 0 saturated heterocycles. The van der Waals surface area contributed by atoms with Crippen LogP contribution in [0.1, 0.15) is 24.0 Å². The highest BCUT2D eigenvalue weighted by molar-refractivity contribution is 5.55. The summed E-state index contributed by atoms with van der Waals surface area (Å²) in [6.07, 6.45) is 0. The Bertz CT molecular complexity index is 651. The molecular weight excluding hydrogens is 268 g/mol. The molecule has 1 atom stereocenters. The summed E-state index contributed by atoms with van der Waals surface area (Å²) in [4.78, 5) is 0. The summed E-state index contributed by atoms with van der Waals surface area (Å²) in [6.45, 7) is 2.38. The van der Waals surface area contributed by atoms with Crippen LogP contribution >= 0.6 is 0 Å². The second-order valence-corrected chi connectivity index (χ2v) is 4.91. The molecule has 0 N–H and O–H groups in total. The number of benzene rings is 2. The zero-order chi connectivity index (χ0) is 14.8. The predicted octanol–water partition coefficient (Wildman–Crippen LogP) is 3.58. The van der Waals surface area contributed by atoms with Gasteiger partial charge in [-0.2, -0.15) is 0 Å². The maximum atomic E-state index is 5.51. The summed E-state index contributed by atoms with van der Waals surface area (Å²) in [5.74, 6) is 3.25. The van der Waals surface area contributed by atoms with Crippen LogP contribution in [0.15, 0.2) is 36.4 Å². The molecule has 0 spiro atoms. The maximum absolute atomic E-state index is 5.51. The molecule has 1 aliphatic rings. The Morgan fingerprint density at radius 1 is 0.905 bits per heavy atom. The summed E-state index contributed by atoms with van der Waals surface area (Å²) in [7, 11) is 3.35. The zero-order valence-corrected chi connectivity index (χ0v) is 12.4. The smallest absolute Gasteiger partial charge is 0.231 e. The van der Waals surface area contributed by atoms with Gasteiger partial charge in [0.2, 0.25) is 6.79 Å². The van der Waals surface area contributed by atoms with Crippen LogP contribution < -0.4 is 18.9 Å². The van der Waals surface area contributed by atoms with Crippen LogP contribution in [-0.4, -0.2) is 21.0 Å². The van der Waals surface area contributed by atoms with Crippen molar-refractivity contribution in [2.75, 3.05) is 21.0 Å². The molecule has 4 nitrogen and oxygen atoms in total. The van der Waals surface area contributed by atoms with Gasteiger partial charge in [-0.3, -0.25) is 0 Å². The summed E-state index contributed by atoms with van der Waals surface area (Å²) in [5.41, 5.74) is 2.16. The maximum Gasteiger partial charge on any atom is 0.231 e. The molecule has 0 radical (unpaired) electrons. The molecule has 0 bridgehead atoms. The molecule has 0 fully saturated rings. The van der Waals surface area contributed by atoms with Gasteiger partial charge < -0.3 is 18.9 Å². The number of hydrogen-bond donors (Lipinski definition) is 0. The van der Waals surface area contributed by atoms with Gasteiger partial charge in [0.05, 0.1) is 14.2 Å². The van der Waals surface area contributed by atoms with Crippen molar-refractivity contribution in [3.63, 3.8) is 0 Å². The lowest BCUT2D eigenvalue weighted by Crippen LogP contribution is -2.02. The molecule has 2 aromatic carbocycles. The van der Waals surface area contributed by atoms with Crippen molar-refractivity contribution in [1.82, 2.24) is 0 Å². The van der Waals surface area contributed by atoms with Gasteiger partial charge >= 0.3 is 0 Å². The zero-order valence-electron chi connectivity index (χ0n) is 12.4. The van der Waals surface area contributed by atoms with Crippen molar-refractivity contribution >= 4 is 0 Å². The van der Waals surface area contributed by atoms with Crippen LogP contribution in [-0.2, 0) is 0 Å². The third-order valence-corrected chi connectivity index (χ3v) is 3.80. The molecule has 1 aliphatic heterocycles. The first-order chi connectivity index (χ1) is 10.2. The molecule has 1 unspecified atom stereocenters. The lowest BCUT2D eigenvalue weighted by Gasteiger charge is -2.19. The summed E-state index contributed by atoms with van der Waals surface area (Å²) in [5, 5.41) is 0. The van der Waals surface area contributed by atoms with Crippen LogP contribution in [0.4, 0.5) is 0 Å². The molecule has 3 rings (SSSR count). The third-order valence-electron chi connectivity index (χ3n) is 3.80. The molecular formula is C17H18O4. The van der Waals surface area contributed by atoms with E-state index in [1.165, 1.54) is 0 Å². The molecule has 0 aliphatic carbocycles. The summed E-state index contributed by atoms with van der Waals surface area (Å²) >= 11 is 0. The van der Waals surface area contributed by atoms with Gasteiger partial charge in [0.1, 0.15) is 11.5 Å². The second-order valence-electron chi connectivity index (χ2n) is 4.91. The van der Waals surface area contributed by atoms with Crippen LogP contribution in [0.5, 0.6) is 23.0 Å². The first-order valence-electron chi connectivity index (χ1n) is 6.85. The largest absolute Gasteiger partial charge is 0.496 e. The van der Waals surface area contributed by atoms with Crippen LogP contribution in [0.25, 0.3) is 0 Å². The average molecular weight is 286 g/mol. The van der Waals surface area contributed by atoms with Crippen molar-refractivity contribution in [3.05, 3.63) is 47.5 Å². The van der Waals surface area contributed by atoms with E-state index < -0.39 is 0 Å². The van der Waals surface area contributed by atoms with E-state index in [9.17, 15) is 0 Å². The van der Waals surface area contributed by atoms with E-state index in [4.69, 9.17) is 18.9 Å². The Morgan fingerprint density at radius 2 is 1.57 bits per heavy atom. The fourth-order valence-corrected chi connectivity index (χ4v) is 2.65. The monoisotopic (exact) mass is 286 g/mol. The minimum Gasteiger partial charge on any atom is -0.496 e. The molecule has 21 heavy (non-hydrogen) atoms. The Morgan fingerprint density at radius 3 is 2.29 bits per heavy atom. The SMILES string of the molecule is COc1ccccc1C(C)c1cc2c(cc1OC)OCO2. The number of ether oxygens (including phenoxy) is 4. The van der Waals surface area contributed by atoms with Gasteiger partial charge in [0.15, 0.2) is 11.5 Å². The van der Waals surface area contributed by atoms with Gasteiger partial charge in [-0.25, -0.2) is 0 Å². The fourth-order valence-electron chi connectivity index (χ4n) is 2.65. The van der Waals surface area contributed by atoms with E-state index in [0.717, 1.165) is 34.1 Å². The number of hydrogen-bond acceptors (Lipinski definition) is 4. The lowest BCUT2D eigenvalue weighted by molar-refractivity contribution is 0.174. The normalized spacial score (nSPS) is 13.9. The van der Waals surface area contributed by atoms with E-state index in [2.05, 4.69) is 13.0 Å². The van der Waals surface area contributed by atoms with Crippen LogP contribution in [0.3, 0.4) is 0 Å². The van der Waals surface area contributed by atoms with E-state index in [0.29, 0.717) is 0 Å². The quantitative estimate of drug-likeness (QED) is 0.860. The van der Waals surface area contributed by atoms with Gasteiger partial charge in [-0.1, -0.05) is 25.1 Å². The molecule has 0 amide bonds. The highest BCUT2D eigenvalue weighted by atomic mass is 16.7. The van der Waals surface area contributed by atoms with Crippen molar-refractivity contribution in [2.24, 2.45) is 0 Å². The molecule has 4 heteroatoms. The standard InChI is InChI=1S/C17H18O4/c1-11(12-6-4-5-7-14(12)18-2)13-8-16-17(21-10-20-16)9-15(13)19-3/h4-9,11H,10H2,1-3H3. The Balaban J connectivity index is 2.07. The summed E-state index contributed by atoms with van der Waals surface area (Å²) in [6, 6.07) is 11.9. The number of rotatable bonds is 4. The third kappa shape index (κ3) is 2.37. The van der Waals surface area contributed by atoms with Crippen LogP contribution in [0, 0.1) is 0 Å². The van der Waals surface area contributed by atoms with Gasteiger partial charge in [0.25, 0.3) is 0 Å². The van der Waals surface area contributed by atoms with Crippen molar-refractivity contribution in [2.45, 2.75) is 12.8 Å². The molecule has 0 saturated carbocycles. The molecule has 2 aromatic rings. The van der Waals surface area contributed by atoms with E-state index in [1.54, 1.807) is 14.2 Å². The van der Waals surface area contributed by atoms with E-state index in [1.807, 2.05) is 30.3 Å². The summed E-state index contributed by atoms with van der Waals surface area (Å²) < 4.78 is 21.8. The predicted molar refractivity (Wildman–Crippen MR) is 79.6 cm³/mol.